The van der Waals surface area contributed by atoms with Gasteiger partial charge in [-0.1, -0.05) is 45.4 Å². The fourth-order valence-electron chi connectivity index (χ4n) is 1.41. The SMILES string of the molecule is CCCCCCCCC/C=N\N(C)C=O. The highest BCUT2D eigenvalue weighted by Gasteiger charge is 1.90. The minimum atomic E-state index is 0.710. The van der Waals surface area contributed by atoms with Crippen molar-refractivity contribution in [3.63, 3.8) is 0 Å². The molecule has 88 valence electrons. The number of amides is 1. The molecule has 0 aromatic carbocycles. The van der Waals surface area contributed by atoms with Crippen LogP contribution in [0.1, 0.15) is 58.3 Å². The average molecular weight is 212 g/mol. The maximum Gasteiger partial charge on any atom is 0.229 e. The van der Waals surface area contributed by atoms with E-state index in [2.05, 4.69) is 12.0 Å². The van der Waals surface area contributed by atoms with Crippen LogP contribution in [0.25, 0.3) is 0 Å². The predicted octanol–water partition coefficient (Wildman–Crippen LogP) is 3.20. The van der Waals surface area contributed by atoms with Crippen molar-refractivity contribution in [1.82, 2.24) is 5.01 Å². The van der Waals surface area contributed by atoms with Crippen molar-refractivity contribution >= 4 is 12.6 Å². The topological polar surface area (TPSA) is 32.7 Å². The molecule has 0 saturated heterocycles. The Labute approximate surface area is 93.5 Å². The molecule has 0 aromatic heterocycles. The van der Waals surface area contributed by atoms with Crippen molar-refractivity contribution in [3.8, 4) is 0 Å². The lowest BCUT2D eigenvalue weighted by Crippen LogP contribution is -2.06. The summed E-state index contributed by atoms with van der Waals surface area (Å²) in [5, 5.41) is 5.22. The van der Waals surface area contributed by atoms with Crippen molar-refractivity contribution < 1.29 is 4.79 Å². The zero-order valence-corrected chi connectivity index (χ0v) is 10.1. The number of carbonyl (C=O) groups excluding carboxylic acids is 1. The van der Waals surface area contributed by atoms with Crippen molar-refractivity contribution in [2.75, 3.05) is 7.05 Å². The largest absolute Gasteiger partial charge is 0.277 e. The Kier molecular flexibility index (Phi) is 10.6. The molecule has 1 amide bonds. The van der Waals surface area contributed by atoms with E-state index >= 15 is 0 Å². The van der Waals surface area contributed by atoms with Crippen LogP contribution in [-0.4, -0.2) is 24.7 Å². The van der Waals surface area contributed by atoms with Crippen molar-refractivity contribution in [3.05, 3.63) is 0 Å². The number of unbranched alkanes of at least 4 members (excludes halogenated alkanes) is 7. The molecule has 3 heteroatoms. The summed E-state index contributed by atoms with van der Waals surface area (Å²) in [6, 6.07) is 0. The molecule has 15 heavy (non-hydrogen) atoms. The number of carbonyl (C=O) groups is 1. The molecule has 0 rings (SSSR count). The Morgan fingerprint density at radius 1 is 1.07 bits per heavy atom. The Morgan fingerprint density at radius 3 is 2.27 bits per heavy atom. The summed E-state index contributed by atoms with van der Waals surface area (Å²) in [4.78, 5) is 10.2. The second-order valence-corrected chi connectivity index (χ2v) is 3.89. The summed E-state index contributed by atoms with van der Waals surface area (Å²) < 4.78 is 0. The van der Waals surface area contributed by atoms with Gasteiger partial charge >= 0.3 is 0 Å². The predicted molar refractivity (Wildman–Crippen MR) is 64.9 cm³/mol. The molecule has 0 spiro atoms. The molecule has 0 bridgehead atoms. The molecular formula is C12H24N2O. The summed E-state index contributed by atoms with van der Waals surface area (Å²) in [5.74, 6) is 0. The first-order chi connectivity index (χ1) is 7.31. The first kappa shape index (κ1) is 14.1. The van der Waals surface area contributed by atoms with Gasteiger partial charge in [-0.05, 0) is 12.8 Å². The van der Waals surface area contributed by atoms with Gasteiger partial charge in [0.1, 0.15) is 0 Å². The molecule has 0 aromatic rings. The van der Waals surface area contributed by atoms with E-state index in [1.54, 1.807) is 7.05 Å². The fraction of sp³-hybridized carbons (Fsp3) is 0.833. The molecule has 0 atom stereocenters. The second kappa shape index (κ2) is 11.2. The van der Waals surface area contributed by atoms with Crippen LogP contribution in [0, 0.1) is 0 Å². The van der Waals surface area contributed by atoms with E-state index in [9.17, 15) is 4.79 Å². The number of nitrogens with zero attached hydrogens (tertiary/aromatic N) is 2. The van der Waals surface area contributed by atoms with Crippen LogP contribution < -0.4 is 0 Å². The monoisotopic (exact) mass is 212 g/mol. The van der Waals surface area contributed by atoms with Gasteiger partial charge in [-0.3, -0.25) is 4.79 Å². The summed E-state index contributed by atoms with van der Waals surface area (Å²) in [5.41, 5.74) is 0. The van der Waals surface area contributed by atoms with Gasteiger partial charge < -0.3 is 0 Å². The maximum absolute atomic E-state index is 10.2. The third-order valence-electron chi connectivity index (χ3n) is 2.35. The Bertz CT molecular complexity index is 169. The van der Waals surface area contributed by atoms with Crippen LogP contribution in [0.3, 0.4) is 0 Å². The maximum atomic E-state index is 10.2. The Morgan fingerprint density at radius 2 is 1.67 bits per heavy atom. The normalized spacial score (nSPS) is 10.8. The molecule has 0 aliphatic rings. The number of rotatable bonds is 10. The van der Waals surface area contributed by atoms with E-state index in [1.807, 2.05) is 6.21 Å². The van der Waals surface area contributed by atoms with E-state index < -0.39 is 0 Å². The highest BCUT2D eigenvalue weighted by molar-refractivity contribution is 5.59. The number of hydrogen-bond donors (Lipinski definition) is 0. The van der Waals surface area contributed by atoms with Crippen LogP contribution in [0.4, 0.5) is 0 Å². The smallest absolute Gasteiger partial charge is 0.229 e. The van der Waals surface area contributed by atoms with Crippen LogP contribution >= 0.6 is 0 Å². The third kappa shape index (κ3) is 11.1. The van der Waals surface area contributed by atoms with Gasteiger partial charge in [-0.15, -0.1) is 0 Å². The van der Waals surface area contributed by atoms with E-state index in [1.165, 1.54) is 50.0 Å². The molecule has 0 fully saturated rings. The molecule has 0 aliphatic carbocycles. The lowest BCUT2D eigenvalue weighted by Gasteiger charge is -2.01. The van der Waals surface area contributed by atoms with Gasteiger partial charge in [0.05, 0.1) is 0 Å². The van der Waals surface area contributed by atoms with Gasteiger partial charge in [0, 0.05) is 13.3 Å². The first-order valence-electron chi connectivity index (χ1n) is 6.01. The molecule has 0 saturated carbocycles. The second-order valence-electron chi connectivity index (χ2n) is 3.89. The fourth-order valence-corrected chi connectivity index (χ4v) is 1.41. The molecule has 0 aliphatic heterocycles. The highest BCUT2D eigenvalue weighted by Crippen LogP contribution is 2.07. The minimum Gasteiger partial charge on any atom is -0.277 e. The highest BCUT2D eigenvalue weighted by atomic mass is 16.1. The summed E-state index contributed by atoms with van der Waals surface area (Å²) in [7, 11) is 1.65. The summed E-state index contributed by atoms with van der Waals surface area (Å²) in [6.07, 6.45) is 12.7. The first-order valence-corrected chi connectivity index (χ1v) is 6.01. The van der Waals surface area contributed by atoms with Gasteiger partial charge in [0.25, 0.3) is 0 Å². The molecule has 3 nitrogen and oxygen atoms in total. The quantitative estimate of drug-likeness (QED) is 0.237. The van der Waals surface area contributed by atoms with Crippen molar-refractivity contribution in [2.24, 2.45) is 5.10 Å². The van der Waals surface area contributed by atoms with E-state index in [0.29, 0.717) is 6.41 Å². The molecule has 0 radical (unpaired) electrons. The van der Waals surface area contributed by atoms with Crippen molar-refractivity contribution in [2.45, 2.75) is 58.3 Å². The zero-order chi connectivity index (χ0) is 11.4. The van der Waals surface area contributed by atoms with E-state index in [0.717, 1.165) is 6.42 Å². The molecule has 0 unspecified atom stereocenters. The number of hydrogen-bond acceptors (Lipinski definition) is 2. The van der Waals surface area contributed by atoms with Crippen LogP contribution in [-0.2, 0) is 4.79 Å². The molecular weight excluding hydrogens is 188 g/mol. The lowest BCUT2D eigenvalue weighted by atomic mass is 10.1. The van der Waals surface area contributed by atoms with Gasteiger partial charge in [-0.25, -0.2) is 5.01 Å². The third-order valence-corrected chi connectivity index (χ3v) is 2.35. The summed E-state index contributed by atoms with van der Waals surface area (Å²) >= 11 is 0. The van der Waals surface area contributed by atoms with Crippen molar-refractivity contribution in [1.29, 1.82) is 0 Å². The standard InChI is InChI=1S/C12H24N2O/c1-3-4-5-6-7-8-9-10-11-13-14(2)12-15/h11-12H,3-10H2,1-2H3/b13-11-. The Hall–Kier alpha value is -0.860. The summed E-state index contributed by atoms with van der Waals surface area (Å²) in [6.45, 7) is 2.24. The molecule has 0 heterocycles. The van der Waals surface area contributed by atoms with E-state index in [-0.39, 0.29) is 0 Å². The minimum absolute atomic E-state index is 0.710. The van der Waals surface area contributed by atoms with Crippen LogP contribution in [0.15, 0.2) is 5.10 Å². The average Bonchev–Trinajstić information content (AvgIpc) is 2.26. The molecule has 0 N–H and O–H groups in total. The van der Waals surface area contributed by atoms with Gasteiger partial charge in [-0.2, -0.15) is 5.10 Å². The van der Waals surface area contributed by atoms with E-state index in [4.69, 9.17) is 0 Å². The number of hydrazone groups is 1. The zero-order valence-electron chi connectivity index (χ0n) is 10.1. The lowest BCUT2D eigenvalue weighted by molar-refractivity contribution is -0.116. The Balaban J connectivity index is 3.11. The van der Waals surface area contributed by atoms with Crippen LogP contribution in [0.5, 0.6) is 0 Å². The van der Waals surface area contributed by atoms with Gasteiger partial charge in [0.15, 0.2) is 0 Å². The van der Waals surface area contributed by atoms with Crippen LogP contribution in [0.2, 0.25) is 0 Å². The van der Waals surface area contributed by atoms with Gasteiger partial charge in [0.2, 0.25) is 6.41 Å².